The molecule has 2 fully saturated rings. The van der Waals surface area contributed by atoms with E-state index in [9.17, 15) is 19.2 Å². The fourth-order valence-electron chi connectivity index (χ4n) is 4.74. The Bertz CT molecular complexity index is 1560. The van der Waals surface area contributed by atoms with Gasteiger partial charge in [-0.1, -0.05) is 30.3 Å². The van der Waals surface area contributed by atoms with Crippen LogP contribution in [0.15, 0.2) is 47.4 Å². The maximum Gasteiger partial charge on any atom is 0.414 e. The van der Waals surface area contributed by atoms with Gasteiger partial charge in [0.15, 0.2) is 11.3 Å². The number of ether oxygens (including phenoxy) is 4. The first kappa shape index (κ1) is 28.7. The lowest BCUT2D eigenvalue weighted by Crippen LogP contribution is -2.50. The van der Waals surface area contributed by atoms with Crippen molar-refractivity contribution in [1.82, 2.24) is 14.3 Å². The minimum Gasteiger partial charge on any atom is -0.481 e. The number of carbonyl (C=O) groups excluding carboxylic acids is 3. The van der Waals surface area contributed by atoms with Crippen molar-refractivity contribution in [1.29, 1.82) is 0 Å². The van der Waals surface area contributed by atoms with E-state index >= 15 is 0 Å². The topological polar surface area (TPSA) is 132 Å². The predicted molar refractivity (Wildman–Crippen MR) is 152 cm³/mol. The van der Waals surface area contributed by atoms with E-state index < -0.39 is 29.3 Å². The molecule has 4 heterocycles. The van der Waals surface area contributed by atoms with Gasteiger partial charge in [-0.25, -0.2) is 19.4 Å². The Labute approximate surface area is 242 Å². The second-order valence-electron chi connectivity index (χ2n) is 10.9. The Balaban J connectivity index is 1.55. The van der Waals surface area contributed by atoms with Gasteiger partial charge >= 0.3 is 23.7 Å². The molecule has 0 saturated carbocycles. The molecule has 13 nitrogen and oxygen atoms in total. The van der Waals surface area contributed by atoms with Crippen molar-refractivity contribution in [2.45, 2.75) is 33.0 Å². The molecule has 0 bridgehead atoms. The van der Waals surface area contributed by atoms with Crippen molar-refractivity contribution in [2.24, 2.45) is 0 Å². The Morgan fingerprint density at radius 1 is 1.02 bits per heavy atom. The van der Waals surface area contributed by atoms with Crippen molar-refractivity contribution < 1.29 is 33.3 Å². The first-order valence-electron chi connectivity index (χ1n) is 13.6. The molecule has 222 valence electrons. The molecule has 1 aromatic carbocycles. The van der Waals surface area contributed by atoms with Crippen LogP contribution >= 0.6 is 0 Å². The highest BCUT2D eigenvalue weighted by atomic mass is 16.6. The van der Waals surface area contributed by atoms with E-state index in [4.69, 9.17) is 18.9 Å². The van der Waals surface area contributed by atoms with Crippen LogP contribution in [-0.4, -0.2) is 84.5 Å². The van der Waals surface area contributed by atoms with Gasteiger partial charge in [0.2, 0.25) is 5.75 Å². The van der Waals surface area contributed by atoms with Gasteiger partial charge < -0.3 is 28.7 Å². The molecule has 0 unspecified atom stereocenters. The Hall–Kier alpha value is -4.81. The average Bonchev–Trinajstić information content (AvgIpc) is 3.41. The van der Waals surface area contributed by atoms with Gasteiger partial charge in [0.05, 0.1) is 25.0 Å². The summed E-state index contributed by atoms with van der Waals surface area (Å²) < 4.78 is 22.7. The number of rotatable bonds is 6. The van der Waals surface area contributed by atoms with Crippen molar-refractivity contribution in [3.05, 3.63) is 64.2 Å². The first-order chi connectivity index (χ1) is 20.1. The largest absolute Gasteiger partial charge is 0.481 e. The number of esters is 1. The summed E-state index contributed by atoms with van der Waals surface area (Å²) in [5, 5.41) is 0. The number of aromatic nitrogens is 2. The molecule has 2 amide bonds. The van der Waals surface area contributed by atoms with Gasteiger partial charge in [-0.2, -0.15) is 0 Å². The molecule has 42 heavy (non-hydrogen) atoms. The zero-order valence-electron chi connectivity index (χ0n) is 24.0. The standard InChI is InChI=1S/C29H33N5O8/c1-29(2,3)42-27(37)32-12-10-31(11-13-32)20-16-21(33-14-15-40-28(33)38)24-30-22(26(36)39-4)23(25(35)34(24)17-20)41-18-19-8-6-5-7-9-19/h5-9,16-17H,10-15,18H2,1-4H3. The molecule has 0 aliphatic carbocycles. The van der Waals surface area contributed by atoms with E-state index in [1.165, 1.54) is 16.4 Å². The van der Waals surface area contributed by atoms with E-state index in [1.54, 1.807) is 17.2 Å². The number of carbonyl (C=O) groups is 3. The van der Waals surface area contributed by atoms with Crippen molar-refractivity contribution >= 4 is 35.2 Å². The second kappa shape index (κ2) is 11.6. The van der Waals surface area contributed by atoms with Crippen LogP contribution in [0, 0.1) is 0 Å². The molecule has 13 heteroatoms. The summed E-state index contributed by atoms with van der Waals surface area (Å²) >= 11 is 0. The van der Waals surface area contributed by atoms with Crippen LogP contribution < -0.4 is 20.1 Å². The Kier molecular flexibility index (Phi) is 7.92. The number of nitrogens with zero attached hydrogens (tertiary/aromatic N) is 5. The fraction of sp³-hybridized carbons (Fsp3) is 0.414. The Morgan fingerprint density at radius 2 is 1.74 bits per heavy atom. The zero-order valence-corrected chi connectivity index (χ0v) is 24.0. The number of pyridine rings is 1. The maximum absolute atomic E-state index is 13.9. The number of amides is 2. The fourth-order valence-corrected chi connectivity index (χ4v) is 4.74. The Morgan fingerprint density at radius 3 is 2.36 bits per heavy atom. The van der Waals surface area contributed by atoms with E-state index in [-0.39, 0.29) is 36.8 Å². The predicted octanol–water partition coefficient (Wildman–Crippen LogP) is 3.07. The number of hydrogen-bond donors (Lipinski definition) is 0. The van der Waals surface area contributed by atoms with Gasteiger partial charge in [0, 0.05) is 32.4 Å². The number of anilines is 2. The van der Waals surface area contributed by atoms with Gasteiger partial charge in [-0.3, -0.25) is 14.1 Å². The van der Waals surface area contributed by atoms with Crippen molar-refractivity contribution in [3.8, 4) is 5.75 Å². The molecular weight excluding hydrogens is 546 g/mol. The van der Waals surface area contributed by atoms with Crippen LogP contribution in [0.1, 0.15) is 36.8 Å². The van der Waals surface area contributed by atoms with Crippen LogP contribution in [0.2, 0.25) is 0 Å². The number of cyclic esters (lactones) is 1. The normalized spacial score (nSPS) is 15.5. The highest BCUT2D eigenvalue weighted by molar-refractivity contribution is 5.96. The molecule has 5 rings (SSSR count). The number of benzene rings is 1. The van der Waals surface area contributed by atoms with Gasteiger partial charge in [0.25, 0.3) is 0 Å². The summed E-state index contributed by atoms with van der Waals surface area (Å²) in [7, 11) is 1.19. The third-order valence-corrected chi connectivity index (χ3v) is 6.80. The number of hydrogen-bond acceptors (Lipinski definition) is 10. The molecule has 0 radical (unpaired) electrons. The summed E-state index contributed by atoms with van der Waals surface area (Å²) in [5.41, 5.74) is 0.220. The van der Waals surface area contributed by atoms with Crippen LogP contribution in [-0.2, 0) is 20.8 Å². The van der Waals surface area contributed by atoms with E-state index in [2.05, 4.69) is 4.98 Å². The number of fused-ring (bicyclic) bond motifs is 1. The minimum atomic E-state index is -0.852. The van der Waals surface area contributed by atoms with Crippen LogP contribution in [0.4, 0.5) is 21.0 Å². The lowest BCUT2D eigenvalue weighted by atomic mass is 10.2. The summed E-state index contributed by atoms with van der Waals surface area (Å²) in [6, 6.07) is 10.9. The molecule has 3 aromatic rings. The first-order valence-corrected chi connectivity index (χ1v) is 13.6. The van der Waals surface area contributed by atoms with Crippen LogP contribution in [0.5, 0.6) is 5.75 Å². The number of piperazine rings is 1. The molecule has 0 spiro atoms. The summed E-state index contributed by atoms with van der Waals surface area (Å²) in [6.45, 7) is 7.56. The molecule has 2 aliphatic heterocycles. The van der Waals surface area contributed by atoms with Crippen molar-refractivity contribution in [3.63, 3.8) is 0 Å². The van der Waals surface area contributed by atoms with Gasteiger partial charge in [-0.15, -0.1) is 0 Å². The maximum atomic E-state index is 13.9. The lowest BCUT2D eigenvalue weighted by molar-refractivity contribution is 0.0240. The summed E-state index contributed by atoms with van der Waals surface area (Å²) in [6.07, 6.45) is 0.606. The molecular formula is C29H33N5O8. The molecule has 2 saturated heterocycles. The zero-order chi connectivity index (χ0) is 30.0. The van der Waals surface area contributed by atoms with E-state index in [1.807, 2.05) is 56.0 Å². The second-order valence-corrected chi connectivity index (χ2v) is 10.9. The third-order valence-electron chi connectivity index (χ3n) is 6.80. The lowest BCUT2D eigenvalue weighted by Gasteiger charge is -2.37. The van der Waals surface area contributed by atoms with Gasteiger partial charge in [-0.05, 0) is 32.4 Å². The SMILES string of the molecule is COC(=O)c1nc2c(N3CCOC3=O)cc(N3CCN(C(=O)OC(C)(C)C)CC3)cn2c(=O)c1OCc1ccccc1. The average molecular weight is 580 g/mol. The molecule has 0 atom stereocenters. The summed E-state index contributed by atoms with van der Waals surface area (Å²) in [5.74, 6) is -1.13. The van der Waals surface area contributed by atoms with Crippen molar-refractivity contribution in [2.75, 3.05) is 56.2 Å². The third kappa shape index (κ3) is 5.94. The quantitative estimate of drug-likeness (QED) is 0.317. The molecule has 2 aromatic heterocycles. The van der Waals surface area contributed by atoms with Crippen LogP contribution in [0.25, 0.3) is 5.65 Å². The molecule has 0 N–H and O–H groups in total. The highest BCUT2D eigenvalue weighted by Gasteiger charge is 2.31. The summed E-state index contributed by atoms with van der Waals surface area (Å²) in [4.78, 5) is 61.4. The minimum absolute atomic E-state index is 0.0193. The molecule has 2 aliphatic rings. The van der Waals surface area contributed by atoms with E-state index in [0.29, 0.717) is 37.6 Å². The monoisotopic (exact) mass is 579 g/mol. The highest BCUT2D eigenvalue weighted by Crippen LogP contribution is 2.31. The van der Waals surface area contributed by atoms with Gasteiger partial charge in [0.1, 0.15) is 18.8 Å². The smallest absolute Gasteiger partial charge is 0.414 e. The van der Waals surface area contributed by atoms with E-state index in [0.717, 1.165) is 5.56 Å². The number of methoxy groups -OCH3 is 1. The van der Waals surface area contributed by atoms with Crippen LogP contribution in [0.3, 0.4) is 0 Å².